The summed E-state index contributed by atoms with van der Waals surface area (Å²) >= 11 is 0. The summed E-state index contributed by atoms with van der Waals surface area (Å²) in [5.41, 5.74) is 11.0. The minimum absolute atomic E-state index is 0.0437. The van der Waals surface area contributed by atoms with Gasteiger partial charge in [-0.15, -0.1) is 0 Å². The molecule has 2 fully saturated rings. The third-order valence-corrected chi connectivity index (χ3v) is 7.64. The van der Waals surface area contributed by atoms with Gasteiger partial charge in [-0.1, -0.05) is 30.3 Å². The molecule has 4 unspecified atom stereocenters. The number of aliphatic hydroxyl groups is 1. The van der Waals surface area contributed by atoms with Crippen molar-refractivity contribution < 1.29 is 24.6 Å². The number of phenolic OH excluding ortho intramolecular Hbond substituents is 1. The predicted molar refractivity (Wildman–Crippen MR) is 132 cm³/mol. The molecule has 2 saturated heterocycles. The molecular weight excluding hydrogens is 480 g/mol. The Kier molecular flexibility index (Phi) is 5.02. The van der Waals surface area contributed by atoms with E-state index in [1.807, 2.05) is 12.1 Å². The van der Waals surface area contributed by atoms with Crippen LogP contribution in [-0.4, -0.2) is 92.6 Å². The maximum atomic E-state index is 13.2. The maximum absolute atomic E-state index is 13.2. The lowest BCUT2D eigenvalue weighted by Gasteiger charge is -2.46. The topological polar surface area (TPSA) is 199 Å². The monoisotopic (exact) mass is 506 g/mol. The molecule has 8 N–H and O–H groups in total. The molecule has 6 rings (SSSR count). The number of phenols is 1. The number of aliphatic hydroxyl groups excluding tert-OH is 1. The number of aromatic hydroxyl groups is 1. The van der Waals surface area contributed by atoms with Crippen LogP contribution in [0, 0.1) is 0 Å². The Labute approximate surface area is 210 Å². The van der Waals surface area contributed by atoms with Crippen molar-refractivity contribution >= 4 is 40.4 Å². The fourth-order valence-electron chi connectivity index (χ4n) is 5.89. The molecule has 37 heavy (non-hydrogen) atoms. The van der Waals surface area contributed by atoms with Crippen LogP contribution in [0.25, 0.3) is 10.8 Å². The Morgan fingerprint density at radius 2 is 1.86 bits per heavy atom. The highest BCUT2D eigenvalue weighted by molar-refractivity contribution is 6.04. The van der Waals surface area contributed by atoms with Crippen molar-refractivity contribution in [3.05, 3.63) is 42.0 Å². The molecule has 2 aromatic carbocycles. The molecule has 0 saturated carbocycles. The predicted octanol–water partition coefficient (Wildman–Crippen LogP) is -1.85. The summed E-state index contributed by atoms with van der Waals surface area (Å²) in [6, 6.07) is 8.02. The van der Waals surface area contributed by atoms with Gasteiger partial charge in [-0.3, -0.25) is 19.3 Å². The third kappa shape index (κ3) is 3.30. The standard InChI is InChI=1S/C24H26N8O5/c25-22-29-19-14(9-31-16(33)7-8-17(31)34)28-23(26)32-10-15(20(36)24(19,32)30-22)27-21(37)13-6-5-11-3-1-2-4-12(11)18(13)35/h1-6,14-15,19-20,35-36H,7-10H2,(H2,26,28)(H,27,37)(H3,25,29,30)/t14-,15?,19?,20?,24?/m0/s1. The van der Waals surface area contributed by atoms with E-state index < -0.39 is 35.8 Å². The summed E-state index contributed by atoms with van der Waals surface area (Å²) in [6.45, 7) is 0.0307. The van der Waals surface area contributed by atoms with Crippen LogP contribution >= 0.6 is 0 Å². The van der Waals surface area contributed by atoms with Crippen LogP contribution in [0.1, 0.15) is 23.2 Å². The number of carbonyl (C=O) groups is 3. The van der Waals surface area contributed by atoms with E-state index in [0.717, 1.165) is 10.3 Å². The van der Waals surface area contributed by atoms with Crippen LogP contribution in [0.2, 0.25) is 0 Å². The first-order chi connectivity index (χ1) is 17.7. The SMILES string of the molecule is NC1=NC2[C@H](CN3C(=O)CCC3=O)N=C(N)N3CC(NC(=O)c4ccc5ccccc5c4O)C(O)C23N1. The molecule has 3 amide bonds. The number of guanidine groups is 2. The molecule has 13 heteroatoms. The maximum Gasteiger partial charge on any atom is 0.255 e. The minimum Gasteiger partial charge on any atom is -0.506 e. The van der Waals surface area contributed by atoms with Gasteiger partial charge in [0.05, 0.1) is 24.2 Å². The number of benzene rings is 2. The number of rotatable bonds is 4. The number of nitrogens with one attached hydrogen (secondary N) is 2. The Balaban J connectivity index is 1.29. The molecule has 13 nitrogen and oxygen atoms in total. The van der Waals surface area contributed by atoms with Crippen molar-refractivity contribution in [1.82, 2.24) is 20.4 Å². The molecule has 2 aromatic rings. The fourth-order valence-corrected chi connectivity index (χ4v) is 5.89. The lowest BCUT2D eigenvalue weighted by molar-refractivity contribution is -0.138. The number of nitrogens with two attached hydrogens (primary N) is 2. The van der Waals surface area contributed by atoms with Gasteiger partial charge in [-0.25, -0.2) is 9.98 Å². The summed E-state index contributed by atoms with van der Waals surface area (Å²) in [4.78, 5) is 49.3. The second-order valence-electron chi connectivity index (χ2n) is 9.68. The number of amides is 3. The Morgan fingerprint density at radius 3 is 2.62 bits per heavy atom. The van der Waals surface area contributed by atoms with Gasteiger partial charge in [-0.05, 0) is 11.5 Å². The smallest absolute Gasteiger partial charge is 0.255 e. The van der Waals surface area contributed by atoms with E-state index in [9.17, 15) is 24.6 Å². The lowest BCUT2D eigenvalue weighted by atomic mass is 9.87. The van der Waals surface area contributed by atoms with Crippen molar-refractivity contribution in [2.45, 2.75) is 42.7 Å². The number of fused-ring (bicyclic) bond motifs is 1. The van der Waals surface area contributed by atoms with Gasteiger partial charge in [0, 0.05) is 24.8 Å². The molecule has 0 radical (unpaired) electrons. The summed E-state index contributed by atoms with van der Waals surface area (Å²) in [6.07, 6.45) is -0.987. The normalized spacial score (nSPS) is 30.6. The van der Waals surface area contributed by atoms with Crippen LogP contribution in [-0.2, 0) is 9.59 Å². The van der Waals surface area contributed by atoms with E-state index in [2.05, 4.69) is 20.6 Å². The largest absolute Gasteiger partial charge is 0.506 e. The first kappa shape index (κ1) is 23.0. The third-order valence-electron chi connectivity index (χ3n) is 7.64. The number of hydrogen-bond donors (Lipinski definition) is 6. The molecule has 1 spiro atoms. The number of nitrogens with zero attached hydrogens (tertiary/aromatic N) is 4. The van der Waals surface area contributed by atoms with Crippen molar-refractivity contribution in [1.29, 1.82) is 0 Å². The average Bonchev–Trinajstić information content (AvgIpc) is 3.49. The molecule has 4 aliphatic rings. The molecule has 192 valence electrons. The van der Waals surface area contributed by atoms with Gasteiger partial charge >= 0.3 is 0 Å². The van der Waals surface area contributed by atoms with Crippen molar-refractivity contribution in [3.63, 3.8) is 0 Å². The highest BCUT2D eigenvalue weighted by Crippen LogP contribution is 2.40. The number of imide groups is 1. The van der Waals surface area contributed by atoms with Gasteiger partial charge in [-0.2, -0.15) is 0 Å². The van der Waals surface area contributed by atoms with Crippen LogP contribution < -0.4 is 22.1 Å². The molecule has 0 aliphatic carbocycles. The van der Waals surface area contributed by atoms with Gasteiger partial charge in [0.1, 0.15) is 17.9 Å². The minimum atomic E-state index is -1.34. The van der Waals surface area contributed by atoms with E-state index >= 15 is 0 Å². The molecule has 4 heterocycles. The summed E-state index contributed by atoms with van der Waals surface area (Å²) < 4.78 is 0. The fraction of sp³-hybridized carbons (Fsp3) is 0.375. The molecule has 4 aliphatic heterocycles. The quantitative estimate of drug-likeness (QED) is 0.258. The average molecular weight is 507 g/mol. The van der Waals surface area contributed by atoms with Crippen LogP contribution in [0.4, 0.5) is 0 Å². The van der Waals surface area contributed by atoms with Crippen LogP contribution in [0.3, 0.4) is 0 Å². The van der Waals surface area contributed by atoms with E-state index in [0.29, 0.717) is 5.39 Å². The zero-order valence-corrected chi connectivity index (χ0v) is 19.7. The Bertz CT molecular complexity index is 1390. The van der Waals surface area contributed by atoms with Crippen molar-refractivity contribution in [2.75, 3.05) is 13.1 Å². The van der Waals surface area contributed by atoms with Gasteiger partial charge in [0.25, 0.3) is 5.91 Å². The van der Waals surface area contributed by atoms with E-state index in [1.165, 1.54) is 6.07 Å². The van der Waals surface area contributed by atoms with Crippen molar-refractivity contribution in [3.8, 4) is 5.75 Å². The van der Waals surface area contributed by atoms with Gasteiger partial charge in [0.15, 0.2) is 17.6 Å². The zero-order valence-electron chi connectivity index (χ0n) is 19.7. The van der Waals surface area contributed by atoms with Crippen LogP contribution in [0.5, 0.6) is 5.75 Å². The number of carbonyl (C=O) groups excluding carboxylic acids is 3. The molecule has 0 bridgehead atoms. The molecular formula is C24H26N8O5. The summed E-state index contributed by atoms with van der Waals surface area (Å²) in [5.74, 6) is -1.24. The first-order valence-corrected chi connectivity index (χ1v) is 12.0. The van der Waals surface area contributed by atoms with E-state index in [1.54, 1.807) is 23.1 Å². The van der Waals surface area contributed by atoms with Gasteiger partial charge in [0.2, 0.25) is 11.8 Å². The Morgan fingerprint density at radius 1 is 1.14 bits per heavy atom. The van der Waals surface area contributed by atoms with Crippen LogP contribution in [0.15, 0.2) is 46.4 Å². The Hall–Kier alpha value is -4.39. The molecule has 5 atom stereocenters. The summed E-state index contributed by atoms with van der Waals surface area (Å²) in [5, 5.41) is 29.4. The van der Waals surface area contributed by atoms with E-state index in [4.69, 9.17) is 11.5 Å². The molecule has 0 aromatic heterocycles. The van der Waals surface area contributed by atoms with Crippen molar-refractivity contribution in [2.24, 2.45) is 21.5 Å². The van der Waals surface area contributed by atoms with Gasteiger partial charge < -0.3 is 37.2 Å². The number of likely N-dealkylation sites (tertiary alicyclic amines) is 1. The first-order valence-electron chi connectivity index (χ1n) is 12.0. The zero-order chi connectivity index (χ0) is 26.1. The van der Waals surface area contributed by atoms with E-state index in [-0.39, 0.29) is 61.0 Å². The highest BCUT2D eigenvalue weighted by atomic mass is 16.3. The second-order valence-corrected chi connectivity index (χ2v) is 9.68. The summed E-state index contributed by atoms with van der Waals surface area (Å²) in [7, 11) is 0. The number of aliphatic imine (C=N–C) groups is 2. The second kappa shape index (κ2) is 8.06. The number of hydrogen-bond acceptors (Lipinski definition) is 11. The lowest BCUT2D eigenvalue weighted by Crippen LogP contribution is -2.73. The highest BCUT2D eigenvalue weighted by Gasteiger charge is 2.65.